The number of amides is 1. The minimum absolute atomic E-state index is 0.113. The van der Waals surface area contributed by atoms with Crippen LogP contribution < -0.4 is 5.32 Å². The second kappa shape index (κ2) is 8.31. The number of H-pyrrole nitrogens is 1. The number of fused-ring (bicyclic) bond motifs is 2. The number of carbonyl (C=O) groups is 2. The van der Waals surface area contributed by atoms with Crippen molar-refractivity contribution in [3.8, 4) is 6.07 Å². The number of ether oxygens (including phenoxy) is 1. The Hall–Kier alpha value is -3.77. The lowest BCUT2D eigenvalue weighted by Gasteiger charge is -2.23. The number of aromatic amines is 1. The van der Waals surface area contributed by atoms with E-state index >= 15 is 0 Å². The van der Waals surface area contributed by atoms with Gasteiger partial charge in [0.2, 0.25) is 5.91 Å². The molecule has 8 nitrogen and oxygen atoms in total. The summed E-state index contributed by atoms with van der Waals surface area (Å²) < 4.78 is 5.09. The Morgan fingerprint density at radius 2 is 2.00 bits per heavy atom. The fourth-order valence-electron chi connectivity index (χ4n) is 2.98. The molecule has 0 bridgehead atoms. The molecule has 4 rings (SSSR count). The summed E-state index contributed by atoms with van der Waals surface area (Å²) in [4.78, 5) is 32.5. The van der Waals surface area contributed by atoms with Crippen molar-refractivity contribution in [2.24, 2.45) is 0 Å². The van der Waals surface area contributed by atoms with Gasteiger partial charge < -0.3 is 20.1 Å². The van der Waals surface area contributed by atoms with Crippen LogP contribution in [-0.4, -0.2) is 38.8 Å². The van der Waals surface area contributed by atoms with E-state index in [0.29, 0.717) is 16.7 Å². The van der Waals surface area contributed by atoms with Crippen molar-refractivity contribution in [3.05, 3.63) is 60.1 Å². The fourth-order valence-corrected chi connectivity index (χ4v) is 4.08. The number of thioether (sulfide) groups is 1. The van der Waals surface area contributed by atoms with Gasteiger partial charge in [-0.1, -0.05) is 24.3 Å². The van der Waals surface area contributed by atoms with Crippen LogP contribution in [0.3, 0.4) is 0 Å². The summed E-state index contributed by atoms with van der Waals surface area (Å²) in [6.45, 7) is -0.492. The van der Waals surface area contributed by atoms with Crippen molar-refractivity contribution >= 4 is 45.9 Å². The quantitative estimate of drug-likeness (QED) is 0.328. The zero-order chi connectivity index (χ0) is 21.1. The fraction of sp³-hybridized carbons (Fsp3) is 0.143. The number of hydrogen-bond donors (Lipinski definition) is 3. The lowest BCUT2D eigenvalue weighted by Crippen LogP contribution is -2.31. The molecule has 0 saturated heterocycles. The van der Waals surface area contributed by atoms with Gasteiger partial charge >= 0.3 is 5.97 Å². The number of imidazole rings is 1. The molecule has 0 fully saturated rings. The van der Waals surface area contributed by atoms with Gasteiger partial charge in [0.1, 0.15) is 18.2 Å². The highest BCUT2D eigenvalue weighted by atomic mass is 32.2. The minimum Gasteiger partial charge on any atom is -0.507 e. The van der Waals surface area contributed by atoms with Crippen molar-refractivity contribution < 1.29 is 19.4 Å². The second-order valence-electron chi connectivity index (χ2n) is 6.49. The van der Waals surface area contributed by atoms with E-state index in [-0.39, 0.29) is 23.7 Å². The normalized spacial score (nSPS) is 16.2. The van der Waals surface area contributed by atoms with Crippen LogP contribution in [0.1, 0.15) is 12.2 Å². The molecule has 0 unspecified atom stereocenters. The molecule has 1 aliphatic heterocycles. The van der Waals surface area contributed by atoms with Crippen molar-refractivity contribution in [1.29, 1.82) is 5.26 Å². The topological polar surface area (TPSA) is 128 Å². The maximum Gasteiger partial charge on any atom is 0.307 e. The molecule has 0 aliphatic carbocycles. The van der Waals surface area contributed by atoms with Gasteiger partial charge in [-0.05, 0) is 24.3 Å². The van der Waals surface area contributed by atoms with E-state index < -0.39 is 23.6 Å². The summed E-state index contributed by atoms with van der Waals surface area (Å²) in [6, 6.07) is 16.4. The first-order chi connectivity index (χ1) is 14.5. The largest absolute Gasteiger partial charge is 0.507 e. The monoisotopic (exact) mass is 420 g/mol. The number of aromatic nitrogens is 2. The number of nitriles is 1. The molecule has 2 aromatic carbocycles. The van der Waals surface area contributed by atoms with E-state index in [9.17, 15) is 20.0 Å². The van der Waals surface area contributed by atoms with Crippen molar-refractivity contribution in [3.63, 3.8) is 0 Å². The number of rotatable bonds is 5. The maximum atomic E-state index is 12.2. The van der Waals surface area contributed by atoms with E-state index in [0.717, 1.165) is 4.90 Å². The average Bonchev–Trinajstić information content (AvgIpc) is 3.17. The standard InChI is InChI=1S/C21H16N4O4S/c22-10-12(20-23-13-5-1-2-6-14(13)24-20)16(26)11-29-19(27)9-18-21(28)25-15-7-3-4-8-17(15)30-18/h1-8,18,26H,9,11H2,(H,23,24)(H,25,28)/b16-12-/t18-/m1/s1. The number of aliphatic hydroxyl groups is 1. The van der Waals surface area contributed by atoms with Crippen LogP contribution in [0.2, 0.25) is 0 Å². The van der Waals surface area contributed by atoms with Crippen molar-refractivity contribution in [2.75, 3.05) is 11.9 Å². The average molecular weight is 420 g/mol. The first-order valence-corrected chi connectivity index (χ1v) is 9.92. The summed E-state index contributed by atoms with van der Waals surface area (Å²) >= 11 is 1.28. The van der Waals surface area contributed by atoms with Crippen molar-refractivity contribution in [2.45, 2.75) is 16.6 Å². The molecule has 150 valence electrons. The molecule has 9 heteroatoms. The first-order valence-electron chi connectivity index (χ1n) is 9.04. The number of para-hydroxylation sites is 3. The number of esters is 1. The highest BCUT2D eigenvalue weighted by Crippen LogP contribution is 2.36. The Morgan fingerprint density at radius 3 is 2.80 bits per heavy atom. The molecule has 2 heterocycles. The molecule has 1 aromatic heterocycles. The summed E-state index contributed by atoms with van der Waals surface area (Å²) in [5.41, 5.74) is 1.95. The van der Waals surface area contributed by atoms with Crippen LogP contribution in [0.15, 0.2) is 59.2 Å². The highest BCUT2D eigenvalue weighted by molar-refractivity contribution is 8.01. The van der Waals surface area contributed by atoms with Gasteiger partial charge in [-0.25, -0.2) is 4.98 Å². The van der Waals surface area contributed by atoms with Gasteiger partial charge in [-0.2, -0.15) is 5.26 Å². The van der Waals surface area contributed by atoms with E-state index in [2.05, 4.69) is 15.3 Å². The molecule has 1 amide bonds. The highest BCUT2D eigenvalue weighted by Gasteiger charge is 2.29. The van der Waals surface area contributed by atoms with Gasteiger partial charge in [0, 0.05) is 4.90 Å². The number of nitrogens with one attached hydrogen (secondary N) is 2. The molecule has 1 atom stereocenters. The zero-order valence-corrected chi connectivity index (χ0v) is 16.4. The Labute approximate surface area is 175 Å². The third kappa shape index (κ3) is 3.99. The number of benzene rings is 2. The molecule has 0 spiro atoms. The first kappa shape index (κ1) is 19.5. The number of nitrogens with zero attached hydrogens (tertiary/aromatic N) is 2. The van der Waals surface area contributed by atoms with Crippen LogP contribution in [0.4, 0.5) is 5.69 Å². The van der Waals surface area contributed by atoms with Crippen LogP contribution in [0.25, 0.3) is 16.6 Å². The van der Waals surface area contributed by atoms with E-state index in [1.54, 1.807) is 18.2 Å². The van der Waals surface area contributed by atoms with E-state index in [1.807, 2.05) is 36.4 Å². The molecule has 3 N–H and O–H groups in total. The van der Waals surface area contributed by atoms with Gasteiger partial charge in [-0.3, -0.25) is 9.59 Å². The zero-order valence-electron chi connectivity index (χ0n) is 15.6. The lowest BCUT2D eigenvalue weighted by molar-refractivity contribution is -0.144. The number of hydrogen-bond acceptors (Lipinski definition) is 7. The number of allylic oxidation sites excluding steroid dienone is 1. The van der Waals surface area contributed by atoms with E-state index in [1.165, 1.54) is 11.8 Å². The van der Waals surface area contributed by atoms with Gasteiger partial charge in [0.25, 0.3) is 0 Å². The minimum atomic E-state index is -0.657. The van der Waals surface area contributed by atoms with Gasteiger partial charge in [0.15, 0.2) is 11.6 Å². The van der Waals surface area contributed by atoms with Crippen molar-refractivity contribution in [1.82, 2.24) is 9.97 Å². The lowest BCUT2D eigenvalue weighted by atomic mass is 10.2. The summed E-state index contributed by atoms with van der Waals surface area (Å²) in [6.07, 6.45) is -0.162. The third-order valence-electron chi connectivity index (χ3n) is 4.46. The predicted octanol–water partition coefficient (Wildman–Crippen LogP) is 3.40. The molecule has 0 saturated carbocycles. The Balaban J connectivity index is 1.41. The molecule has 0 radical (unpaired) electrons. The Morgan fingerprint density at radius 1 is 1.23 bits per heavy atom. The van der Waals surface area contributed by atoms with Crippen LogP contribution in [0.5, 0.6) is 0 Å². The summed E-state index contributed by atoms with van der Waals surface area (Å²) in [5, 5.41) is 21.8. The Bertz CT molecular complexity index is 1180. The Kier molecular flexibility index (Phi) is 5.41. The predicted molar refractivity (Wildman–Crippen MR) is 112 cm³/mol. The van der Waals surface area contributed by atoms with Gasteiger partial charge in [0.05, 0.1) is 28.4 Å². The molecule has 30 heavy (non-hydrogen) atoms. The molecular weight excluding hydrogens is 404 g/mol. The second-order valence-corrected chi connectivity index (χ2v) is 7.74. The van der Waals surface area contributed by atoms with Crippen LogP contribution >= 0.6 is 11.8 Å². The van der Waals surface area contributed by atoms with E-state index in [4.69, 9.17) is 4.74 Å². The SMILES string of the molecule is N#C/C(=C(/O)COC(=O)C[C@H]1Sc2ccccc2NC1=O)c1nc2ccccc2[nH]1. The van der Waals surface area contributed by atoms with Crippen LogP contribution in [-0.2, 0) is 14.3 Å². The number of anilines is 1. The third-order valence-corrected chi connectivity index (χ3v) is 5.73. The smallest absolute Gasteiger partial charge is 0.307 e. The van der Waals surface area contributed by atoms with Gasteiger partial charge in [-0.15, -0.1) is 11.8 Å². The number of aliphatic hydroxyl groups excluding tert-OH is 1. The summed E-state index contributed by atoms with van der Waals surface area (Å²) in [5.74, 6) is -1.17. The summed E-state index contributed by atoms with van der Waals surface area (Å²) in [7, 11) is 0. The maximum absolute atomic E-state index is 12.2. The molecule has 3 aromatic rings. The van der Waals surface area contributed by atoms with Crippen LogP contribution in [0, 0.1) is 11.3 Å². The number of carbonyl (C=O) groups excluding carboxylic acids is 2. The molecular formula is C21H16N4O4S. The molecule has 1 aliphatic rings.